The number of ether oxygens (including phenoxy) is 2. The number of nitrogens with zero attached hydrogens (tertiary/aromatic N) is 5. The van der Waals surface area contributed by atoms with Gasteiger partial charge in [0.1, 0.15) is 29.3 Å². The lowest BCUT2D eigenvalue weighted by Crippen LogP contribution is -2.64. The molecule has 3 amide bonds. The largest absolute Gasteiger partial charge is 0.495 e. The Morgan fingerprint density at radius 1 is 1.21 bits per heavy atom. The second-order valence-electron chi connectivity index (χ2n) is 13.8. The number of halogens is 1. The highest BCUT2D eigenvalue weighted by molar-refractivity contribution is 6.04. The van der Waals surface area contributed by atoms with Gasteiger partial charge in [-0.05, 0) is 71.1 Å². The van der Waals surface area contributed by atoms with E-state index in [4.69, 9.17) is 14.5 Å². The SMILES string of the molecule is CC[C@@H]1C(=O)N(C)c2cnc(Nc3ccc(C(=O)NC4(CCO)CCN(C(=O)OC(C)(C)C)CC4F)cc3OC)nc2N1C1CCCC1. The van der Waals surface area contributed by atoms with Crippen molar-refractivity contribution in [2.75, 3.05) is 49.0 Å². The fourth-order valence-corrected chi connectivity index (χ4v) is 6.93. The third-order valence-corrected chi connectivity index (χ3v) is 9.50. The maximum atomic E-state index is 15.8. The molecule has 5 rings (SSSR count). The topological polar surface area (TPSA) is 149 Å². The van der Waals surface area contributed by atoms with Crippen molar-refractivity contribution < 1.29 is 33.4 Å². The van der Waals surface area contributed by atoms with Gasteiger partial charge >= 0.3 is 6.09 Å². The number of methoxy groups -OCH3 is 1. The number of carbonyl (C=O) groups is 3. The Kier molecular flexibility index (Phi) is 10.3. The predicted molar refractivity (Wildman–Crippen MR) is 180 cm³/mol. The first-order valence-corrected chi connectivity index (χ1v) is 16.7. The second-order valence-corrected chi connectivity index (χ2v) is 13.8. The lowest BCUT2D eigenvalue weighted by molar-refractivity contribution is -0.120. The molecule has 48 heavy (non-hydrogen) atoms. The number of alkyl halides is 1. The van der Waals surface area contributed by atoms with Gasteiger partial charge in [0.2, 0.25) is 11.9 Å². The summed E-state index contributed by atoms with van der Waals surface area (Å²) in [5.74, 6) is 0.838. The number of hydrogen-bond acceptors (Lipinski definition) is 10. The van der Waals surface area contributed by atoms with Crippen molar-refractivity contribution >= 4 is 41.0 Å². The van der Waals surface area contributed by atoms with Gasteiger partial charge in [-0.25, -0.2) is 14.2 Å². The molecule has 2 aromatic rings. The molecule has 2 unspecified atom stereocenters. The number of aromatic nitrogens is 2. The van der Waals surface area contributed by atoms with Crippen LogP contribution in [0.1, 0.15) is 83.0 Å². The molecular formula is C34H48FN7O6. The Bertz CT molecular complexity index is 1510. The zero-order chi connectivity index (χ0) is 34.8. The van der Waals surface area contributed by atoms with Crippen molar-refractivity contribution in [3.8, 4) is 5.75 Å². The van der Waals surface area contributed by atoms with E-state index in [0.717, 1.165) is 25.7 Å². The van der Waals surface area contributed by atoms with Crippen molar-refractivity contribution in [3.05, 3.63) is 30.0 Å². The number of anilines is 4. The third-order valence-electron chi connectivity index (χ3n) is 9.50. The number of likely N-dealkylation sites (N-methyl/N-ethyl adjacent to an activating group) is 1. The molecule has 3 atom stereocenters. The monoisotopic (exact) mass is 669 g/mol. The minimum absolute atomic E-state index is 0.0218. The van der Waals surface area contributed by atoms with E-state index < -0.39 is 29.3 Å². The summed E-state index contributed by atoms with van der Waals surface area (Å²) in [7, 11) is 3.22. The van der Waals surface area contributed by atoms with Crippen LogP contribution in [0.2, 0.25) is 0 Å². The number of benzene rings is 1. The number of aliphatic hydroxyl groups excluding tert-OH is 1. The number of aliphatic hydroxyl groups is 1. The number of piperidine rings is 1. The lowest BCUT2D eigenvalue weighted by Gasteiger charge is -2.44. The van der Waals surface area contributed by atoms with E-state index in [1.54, 1.807) is 51.0 Å². The van der Waals surface area contributed by atoms with Gasteiger partial charge in [-0.1, -0.05) is 19.8 Å². The number of likely N-dealkylation sites (tertiary alicyclic amines) is 1. The Labute approximate surface area is 281 Å². The molecular weight excluding hydrogens is 621 g/mol. The van der Waals surface area contributed by atoms with Crippen molar-refractivity contribution in [2.24, 2.45) is 0 Å². The van der Waals surface area contributed by atoms with Gasteiger partial charge in [-0.2, -0.15) is 4.98 Å². The Morgan fingerprint density at radius 3 is 2.56 bits per heavy atom. The van der Waals surface area contributed by atoms with Crippen molar-refractivity contribution in [3.63, 3.8) is 0 Å². The summed E-state index contributed by atoms with van der Waals surface area (Å²) in [4.78, 5) is 53.8. The smallest absolute Gasteiger partial charge is 0.410 e. The van der Waals surface area contributed by atoms with Crippen LogP contribution in [-0.2, 0) is 9.53 Å². The van der Waals surface area contributed by atoms with Gasteiger partial charge in [0, 0.05) is 31.8 Å². The first-order valence-electron chi connectivity index (χ1n) is 16.7. The van der Waals surface area contributed by atoms with Crippen LogP contribution in [-0.4, -0.2) is 101 Å². The van der Waals surface area contributed by atoms with Crippen LogP contribution in [0.15, 0.2) is 24.4 Å². The average molecular weight is 670 g/mol. The van der Waals surface area contributed by atoms with Crippen LogP contribution in [0.3, 0.4) is 0 Å². The molecule has 13 nitrogen and oxygen atoms in total. The van der Waals surface area contributed by atoms with Crippen LogP contribution in [0.4, 0.5) is 32.3 Å². The highest BCUT2D eigenvalue weighted by Gasteiger charge is 2.46. The average Bonchev–Trinajstić information content (AvgIpc) is 3.58. The fraction of sp³-hybridized carbons (Fsp3) is 0.618. The molecule has 1 aromatic carbocycles. The molecule has 2 aliphatic heterocycles. The first-order chi connectivity index (χ1) is 22.8. The zero-order valence-corrected chi connectivity index (χ0v) is 28.7. The number of nitrogens with one attached hydrogen (secondary N) is 2. The van der Waals surface area contributed by atoms with Gasteiger partial charge in [0.05, 0.1) is 31.1 Å². The summed E-state index contributed by atoms with van der Waals surface area (Å²) >= 11 is 0. The van der Waals surface area contributed by atoms with E-state index in [0.29, 0.717) is 35.3 Å². The molecule has 262 valence electrons. The third kappa shape index (κ3) is 7.13. The Hall–Kier alpha value is -4.20. The predicted octanol–water partition coefficient (Wildman–Crippen LogP) is 4.56. The highest BCUT2D eigenvalue weighted by atomic mass is 19.1. The maximum Gasteiger partial charge on any atom is 0.410 e. The summed E-state index contributed by atoms with van der Waals surface area (Å²) < 4.78 is 26.8. The van der Waals surface area contributed by atoms with Crippen LogP contribution < -0.4 is 25.2 Å². The number of fused-ring (bicyclic) bond motifs is 1. The number of rotatable bonds is 9. The van der Waals surface area contributed by atoms with Crippen LogP contribution >= 0.6 is 0 Å². The van der Waals surface area contributed by atoms with E-state index in [1.807, 2.05) is 6.92 Å². The minimum Gasteiger partial charge on any atom is -0.495 e. The van der Waals surface area contributed by atoms with E-state index in [1.165, 1.54) is 18.1 Å². The molecule has 14 heteroatoms. The molecule has 1 saturated carbocycles. The lowest BCUT2D eigenvalue weighted by atomic mass is 9.82. The van der Waals surface area contributed by atoms with Crippen LogP contribution in [0.5, 0.6) is 5.75 Å². The molecule has 3 N–H and O–H groups in total. The molecule has 1 aliphatic carbocycles. The quantitative estimate of drug-likeness (QED) is 0.347. The normalized spacial score (nSPS) is 23.2. The summed E-state index contributed by atoms with van der Waals surface area (Å²) in [6.07, 6.45) is 4.36. The first kappa shape index (κ1) is 35.1. The van der Waals surface area contributed by atoms with E-state index in [2.05, 4.69) is 20.5 Å². The Morgan fingerprint density at radius 2 is 1.94 bits per heavy atom. The summed E-state index contributed by atoms with van der Waals surface area (Å²) in [5, 5.41) is 15.8. The summed E-state index contributed by atoms with van der Waals surface area (Å²) in [6.45, 7) is 6.76. The van der Waals surface area contributed by atoms with E-state index in [9.17, 15) is 19.5 Å². The van der Waals surface area contributed by atoms with Gasteiger partial charge < -0.3 is 39.9 Å². The van der Waals surface area contributed by atoms with Crippen molar-refractivity contribution in [2.45, 2.75) is 102 Å². The molecule has 3 heterocycles. The highest BCUT2D eigenvalue weighted by Crippen LogP contribution is 2.40. The van der Waals surface area contributed by atoms with Gasteiger partial charge in [0.25, 0.3) is 5.91 Å². The van der Waals surface area contributed by atoms with Gasteiger partial charge in [-0.15, -0.1) is 0 Å². The summed E-state index contributed by atoms with van der Waals surface area (Å²) in [5.41, 5.74) is -0.717. The second kappa shape index (κ2) is 14.1. The van der Waals surface area contributed by atoms with Crippen molar-refractivity contribution in [1.29, 1.82) is 0 Å². The number of hydrogen-bond donors (Lipinski definition) is 3. The van der Waals surface area contributed by atoms with Gasteiger partial charge in [0.15, 0.2) is 5.82 Å². The molecule has 1 aromatic heterocycles. The van der Waals surface area contributed by atoms with E-state index in [-0.39, 0.29) is 56.1 Å². The molecule has 3 aliphatic rings. The number of carbonyl (C=O) groups excluding carboxylic acids is 3. The number of amides is 3. The van der Waals surface area contributed by atoms with Crippen LogP contribution in [0.25, 0.3) is 0 Å². The fourth-order valence-electron chi connectivity index (χ4n) is 6.93. The van der Waals surface area contributed by atoms with Crippen molar-refractivity contribution in [1.82, 2.24) is 20.2 Å². The molecule has 0 radical (unpaired) electrons. The maximum absolute atomic E-state index is 15.8. The Balaban J connectivity index is 1.34. The molecule has 1 saturated heterocycles. The zero-order valence-electron chi connectivity index (χ0n) is 28.7. The molecule has 2 fully saturated rings. The minimum atomic E-state index is -1.63. The molecule has 0 spiro atoms. The van der Waals surface area contributed by atoms with Gasteiger partial charge in [-0.3, -0.25) is 9.59 Å². The standard InChI is InChI=1S/C34H48FN7O6/c1-7-24-30(45)40(5)25-19-36-31(38-28(25)42(24)22-10-8-9-11-22)37-23-13-12-21(18-26(23)47-6)29(44)39-34(15-17-43)14-16-41(20-27(34)35)32(46)48-33(2,3)4/h12-13,18-19,22,24,27,43H,7-11,14-17,20H2,1-6H3,(H,39,44)(H,36,37,38)/t24-,27?,34?/m1/s1. The molecule has 0 bridgehead atoms. The van der Waals surface area contributed by atoms with E-state index >= 15 is 4.39 Å². The summed E-state index contributed by atoms with van der Waals surface area (Å²) in [6, 6.07) is 4.70. The van der Waals surface area contributed by atoms with Crippen LogP contribution in [0, 0.1) is 0 Å².